The van der Waals surface area contributed by atoms with E-state index in [0.29, 0.717) is 17.9 Å². The molecule has 0 unspecified atom stereocenters. The number of alkyl halides is 3. The van der Waals surface area contributed by atoms with E-state index in [4.69, 9.17) is 11.6 Å². The van der Waals surface area contributed by atoms with E-state index >= 15 is 0 Å². The highest BCUT2D eigenvalue weighted by Gasteiger charge is 2.51. The van der Waals surface area contributed by atoms with Crippen molar-refractivity contribution < 1.29 is 32.6 Å². The molecule has 0 bridgehead atoms. The zero-order valence-corrected chi connectivity index (χ0v) is 20.4. The highest BCUT2D eigenvalue weighted by Crippen LogP contribution is 2.37. The van der Waals surface area contributed by atoms with Gasteiger partial charge in [-0.1, -0.05) is 27.7 Å². The maximum atomic E-state index is 12.9. The Morgan fingerprint density at radius 2 is 1.97 bits per heavy atom. The number of halogens is 4. The van der Waals surface area contributed by atoms with Crippen molar-refractivity contribution in [3.8, 4) is 0 Å². The van der Waals surface area contributed by atoms with Gasteiger partial charge in [-0.05, 0) is 29.9 Å². The number of amides is 1. The minimum Gasteiger partial charge on any atom is -0.451 e. The summed E-state index contributed by atoms with van der Waals surface area (Å²) in [6.07, 6.45) is -6.32. The molecule has 4 atom stereocenters. The first-order valence-electron chi connectivity index (χ1n) is 11.1. The van der Waals surface area contributed by atoms with Crippen molar-refractivity contribution in [2.75, 3.05) is 11.9 Å². The summed E-state index contributed by atoms with van der Waals surface area (Å²) in [6, 6.07) is -1.98. The zero-order valence-electron chi connectivity index (χ0n) is 19.7. The molecule has 35 heavy (non-hydrogen) atoms. The largest absolute Gasteiger partial charge is 0.490 e. The number of aliphatic hydroxyl groups is 1. The normalized spacial score (nSPS) is 22.9. The average molecular weight is 521 g/mol. The Morgan fingerprint density at radius 3 is 2.57 bits per heavy atom. The average Bonchev–Trinajstić information content (AvgIpc) is 3.28. The molecule has 14 heteroatoms. The maximum absolute atomic E-state index is 12.9. The minimum absolute atomic E-state index is 0.0391. The van der Waals surface area contributed by atoms with Gasteiger partial charge in [0, 0.05) is 13.0 Å². The molecule has 2 heterocycles. The number of nitrogens with zero attached hydrogens (tertiary/aromatic N) is 4. The molecule has 2 aromatic heterocycles. The van der Waals surface area contributed by atoms with Crippen LogP contribution in [0.5, 0.6) is 0 Å². The Balaban J connectivity index is 1.97. The zero-order chi connectivity index (χ0) is 26.1. The van der Waals surface area contributed by atoms with Crippen LogP contribution in [-0.4, -0.2) is 67.5 Å². The van der Waals surface area contributed by atoms with E-state index in [1.54, 1.807) is 6.92 Å². The summed E-state index contributed by atoms with van der Waals surface area (Å²) in [7, 11) is 0. The number of nitrogens with one attached hydrogen (secondary N) is 2. The van der Waals surface area contributed by atoms with Gasteiger partial charge in [-0.3, -0.25) is 4.79 Å². The molecular formula is C21H28ClF3N6O4. The van der Waals surface area contributed by atoms with Gasteiger partial charge in [-0.2, -0.15) is 23.1 Å². The Morgan fingerprint density at radius 1 is 1.29 bits per heavy atom. The number of carbonyl (C=O) groups is 2. The number of carbonyl (C=O) groups excluding carboxylic acids is 2. The van der Waals surface area contributed by atoms with Crippen LogP contribution in [0.25, 0.3) is 11.2 Å². The topological polar surface area (TPSA) is 131 Å². The molecule has 0 aliphatic heterocycles. The van der Waals surface area contributed by atoms with Gasteiger partial charge >= 0.3 is 12.1 Å². The summed E-state index contributed by atoms with van der Waals surface area (Å²) in [5.74, 6) is -2.53. The molecule has 0 aromatic carbocycles. The van der Waals surface area contributed by atoms with E-state index < -0.39 is 42.3 Å². The van der Waals surface area contributed by atoms with Crippen molar-refractivity contribution in [3.05, 3.63) is 11.6 Å². The summed E-state index contributed by atoms with van der Waals surface area (Å²) in [6.45, 7) is 8.37. The number of esters is 1. The van der Waals surface area contributed by atoms with Gasteiger partial charge < -0.3 is 25.0 Å². The SMILES string of the molecule is CCC(=O)N[C@H]1C[C@@H](n2cnc3c(NCCC(C)(C)C)nc(Cl)nc32)[C@H](OC(=O)C(F)(F)F)[C@@H]1O. The Kier molecular flexibility index (Phi) is 7.80. The molecule has 0 radical (unpaired) electrons. The van der Waals surface area contributed by atoms with E-state index in [0.717, 1.165) is 6.42 Å². The molecule has 0 saturated heterocycles. The van der Waals surface area contributed by atoms with E-state index in [2.05, 4.69) is 51.1 Å². The second kappa shape index (κ2) is 10.1. The second-order valence-corrected chi connectivity index (χ2v) is 9.93. The van der Waals surface area contributed by atoms with Crippen molar-refractivity contribution in [3.63, 3.8) is 0 Å². The van der Waals surface area contributed by atoms with Gasteiger partial charge in [0.1, 0.15) is 6.10 Å². The van der Waals surface area contributed by atoms with E-state index in [9.17, 15) is 27.9 Å². The number of aliphatic hydroxyl groups excluding tert-OH is 1. The number of anilines is 1. The third-order valence-electron chi connectivity index (χ3n) is 5.68. The van der Waals surface area contributed by atoms with Crippen molar-refractivity contribution in [2.24, 2.45) is 5.41 Å². The number of ether oxygens (including phenoxy) is 1. The van der Waals surface area contributed by atoms with Crippen LogP contribution in [0.15, 0.2) is 6.33 Å². The second-order valence-electron chi connectivity index (χ2n) is 9.59. The van der Waals surface area contributed by atoms with Crippen LogP contribution in [0.4, 0.5) is 19.0 Å². The summed E-state index contributed by atoms with van der Waals surface area (Å²) in [4.78, 5) is 36.1. The molecule has 10 nitrogen and oxygen atoms in total. The predicted molar refractivity (Wildman–Crippen MR) is 121 cm³/mol. The molecule has 194 valence electrons. The van der Waals surface area contributed by atoms with Crippen molar-refractivity contribution in [1.82, 2.24) is 24.8 Å². The Labute approximate surface area is 204 Å². The van der Waals surface area contributed by atoms with Crippen molar-refractivity contribution >= 4 is 40.5 Å². The smallest absolute Gasteiger partial charge is 0.451 e. The van der Waals surface area contributed by atoms with Crippen molar-refractivity contribution in [2.45, 2.75) is 77.4 Å². The highest BCUT2D eigenvalue weighted by molar-refractivity contribution is 6.28. The Hall–Kier alpha value is -2.67. The monoisotopic (exact) mass is 520 g/mol. The van der Waals surface area contributed by atoms with Crippen LogP contribution in [0.3, 0.4) is 0 Å². The van der Waals surface area contributed by atoms with Gasteiger partial charge in [0.15, 0.2) is 23.1 Å². The lowest BCUT2D eigenvalue weighted by Gasteiger charge is -2.24. The lowest BCUT2D eigenvalue weighted by Crippen LogP contribution is -2.45. The molecule has 1 amide bonds. The summed E-state index contributed by atoms with van der Waals surface area (Å²) < 4.78 is 44.9. The molecule has 3 N–H and O–H groups in total. The molecule has 1 aliphatic rings. The summed E-state index contributed by atoms with van der Waals surface area (Å²) in [5, 5.41) is 16.3. The number of hydrogen-bond acceptors (Lipinski definition) is 8. The number of imidazole rings is 1. The van der Waals surface area contributed by atoms with Crippen LogP contribution in [0.2, 0.25) is 5.28 Å². The van der Waals surface area contributed by atoms with E-state index in [1.165, 1.54) is 10.9 Å². The van der Waals surface area contributed by atoms with Crippen LogP contribution >= 0.6 is 11.6 Å². The standard InChI is InChI=1S/C21H28ClF3N6O4/c1-5-12(32)28-10-8-11(15(14(10)33)35-18(34)21(23,24)25)31-9-27-13-16(26-7-6-20(2,3)4)29-19(22)30-17(13)31/h9-11,14-15,33H,5-8H2,1-4H3,(H,28,32)(H,26,29,30)/t10-,11+,14+,15-/m0/s1. The third kappa shape index (κ3) is 6.31. The highest BCUT2D eigenvalue weighted by atomic mass is 35.5. The van der Waals surface area contributed by atoms with Gasteiger partial charge in [0.25, 0.3) is 0 Å². The molecule has 2 aromatic rings. The lowest BCUT2D eigenvalue weighted by molar-refractivity contribution is -0.209. The van der Waals surface area contributed by atoms with Crippen LogP contribution in [0.1, 0.15) is 53.0 Å². The first-order valence-corrected chi connectivity index (χ1v) is 11.5. The van der Waals surface area contributed by atoms with Crippen molar-refractivity contribution in [1.29, 1.82) is 0 Å². The third-order valence-corrected chi connectivity index (χ3v) is 5.85. The van der Waals surface area contributed by atoms with E-state index in [-0.39, 0.29) is 29.2 Å². The van der Waals surface area contributed by atoms with Gasteiger partial charge in [0.05, 0.1) is 18.4 Å². The Bertz CT molecular complexity index is 1090. The number of rotatable bonds is 7. The summed E-state index contributed by atoms with van der Waals surface area (Å²) in [5.41, 5.74) is 0.534. The molecule has 3 rings (SSSR count). The summed E-state index contributed by atoms with van der Waals surface area (Å²) >= 11 is 6.11. The fraction of sp³-hybridized carbons (Fsp3) is 0.667. The maximum Gasteiger partial charge on any atom is 0.490 e. The van der Waals surface area contributed by atoms with E-state index in [1.807, 2.05) is 0 Å². The van der Waals surface area contributed by atoms with Gasteiger partial charge in [-0.25, -0.2) is 9.78 Å². The first kappa shape index (κ1) is 26.9. The predicted octanol–water partition coefficient (Wildman–Crippen LogP) is 3.00. The fourth-order valence-corrected chi connectivity index (χ4v) is 4.03. The molecule has 1 saturated carbocycles. The first-order chi connectivity index (χ1) is 16.2. The quantitative estimate of drug-likeness (QED) is 0.375. The van der Waals surface area contributed by atoms with Crippen LogP contribution in [-0.2, 0) is 14.3 Å². The molecule has 0 spiro atoms. The molecule has 1 aliphatic carbocycles. The lowest BCUT2D eigenvalue weighted by atomic mass is 9.92. The molecular weight excluding hydrogens is 493 g/mol. The van der Waals surface area contributed by atoms with Gasteiger partial charge in [-0.15, -0.1) is 0 Å². The van der Waals surface area contributed by atoms with Crippen LogP contribution < -0.4 is 10.6 Å². The minimum atomic E-state index is -5.26. The van der Waals surface area contributed by atoms with Crippen LogP contribution in [0, 0.1) is 5.41 Å². The number of aromatic nitrogens is 4. The number of fused-ring (bicyclic) bond motifs is 1. The molecule has 1 fully saturated rings. The number of hydrogen-bond donors (Lipinski definition) is 3. The fourth-order valence-electron chi connectivity index (χ4n) is 3.87. The van der Waals surface area contributed by atoms with Gasteiger partial charge in [0.2, 0.25) is 11.2 Å².